The number of hydrogen-bond acceptors (Lipinski definition) is 4. The maximum atomic E-state index is 13.1. The lowest BCUT2D eigenvalue weighted by atomic mass is 10.1. The molecule has 0 N–H and O–H groups in total. The summed E-state index contributed by atoms with van der Waals surface area (Å²) in [4.78, 5) is 14.8. The van der Waals surface area contributed by atoms with Crippen molar-refractivity contribution < 1.29 is 14.3 Å². The number of rotatable bonds is 7. The van der Waals surface area contributed by atoms with Gasteiger partial charge in [0.2, 0.25) is 0 Å². The molecule has 0 fully saturated rings. The van der Waals surface area contributed by atoms with Crippen molar-refractivity contribution in [3.05, 3.63) is 71.0 Å². The standard InChI is InChI=1S/C23H27N3O3/c1-6-20-19(14-24-26(20)18-10-7-16(2)8-11-18)23(27)25(3)15-17-9-12-21(28-4)22(13-17)29-5/h7-14H,6,15H2,1-5H3. The van der Waals surface area contributed by atoms with Crippen LogP contribution in [0.25, 0.3) is 5.69 Å². The van der Waals surface area contributed by atoms with Crippen LogP contribution in [0.1, 0.15) is 34.1 Å². The summed E-state index contributed by atoms with van der Waals surface area (Å²) in [6.45, 7) is 4.54. The average Bonchev–Trinajstić information content (AvgIpc) is 3.17. The zero-order valence-electron chi connectivity index (χ0n) is 17.6. The minimum absolute atomic E-state index is 0.0602. The van der Waals surface area contributed by atoms with Gasteiger partial charge in [-0.05, 0) is 43.2 Å². The average molecular weight is 393 g/mol. The van der Waals surface area contributed by atoms with Crippen molar-refractivity contribution in [1.29, 1.82) is 0 Å². The highest BCUT2D eigenvalue weighted by molar-refractivity contribution is 5.95. The van der Waals surface area contributed by atoms with E-state index in [2.05, 4.69) is 5.10 Å². The van der Waals surface area contributed by atoms with Gasteiger partial charge in [-0.25, -0.2) is 4.68 Å². The third-order valence-electron chi connectivity index (χ3n) is 4.93. The van der Waals surface area contributed by atoms with Crippen LogP contribution in [0.3, 0.4) is 0 Å². The molecule has 29 heavy (non-hydrogen) atoms. The molecule has 3 aromatic rings. The van der Waals surface area contributed by atoms with E-state index in [1.807, 2.05) is 61.0 Å². The minimum atomic E-state index is -0.0602. The molecule has 2 aromatic carbocycles. The Balaban J connectivity index is 1.84. The van der Waals surface area contributed by atoms with Gasteiger partial charge < -0.3 is 14.4 Å². The summed E-state index contributed by atoms with van der Waals surface area (Å²) in [5.74, 6) is 1.25. The Bertz CT molecular complexity index is 993. The monoisotopic (exact) mass is 393 g/mol. The minimum Gasteiger partial charge on any atom is -0.493 e. The van der Waals surface area contributed by atoms with E-state index in [9.17, 15) is 4.79 Å². The summed E-state index contributed by atoms with van der Waals surface area (Å²) < 4.78 is 12.5. The van der Waals surface area contributed by atoms with E-state index in [4.69, 9.17) is 9.47 Å². The van der Waals surface area contributed by atoms with Crippen LogP contribution in [-0.2, 0) is 13.0 Å². The summed E-state index contributed by atoms with van der Waals surface area (Å²) in [6.07, 6.45) is 2.37. The molecule has 6 nitrogen and oxygen atoms in total. The van der Waals surface area contributed by atoms with Gasteiger partial charge in [-0.2, -0.15) is 5.10 Å². The van der Waals surface area contributed by atoms with Crippen molar-refractivity contribution in [1.82, 2.24) is 14.7 Å². The molecular weight excluding hydrogens is 366 g/mol. The highest BCUT2D eigenvalue weighted by Crippen LogP contribution is 2.28. The Labute approximate surface area is 171 Å². The first-order chi connectivity index (χ1) is 14.0. The Hall–Kier alpha value is -3.28. The highest BCUT2D eigenvalue weighted by Gasteiger charge is 2.21. The van der Waals surface area contributed by atoms with E-state index in [-0.39, 0.29) is 5.91 Å². The van der Waals surface area contributed by atoms with E-state index in [1.165, 1.54) is 5.56 Å². The normalized spacial score (nSPS) is 10.7. The predicted octanol–water partition coefficient (Wildman–Crippen LogP) is 4.03. The Morgan fingerprint density at radius 1 is 1.07 bits per heavy atom. The first-order valence-electron chi connectivity index (χ1n) is 9.58. The molecule has 0 bridgehead atoms. The molecule has 0 unspecified atom stereocenters. The molecule has 3 rings (SSSR count). The molecule has 0 saturated heterocycles. The molecule has 1 amide bonds. The van der Waals surface area contributed by atoms with Gasteiger partial charge >= 0.3 is 0 Å². The van der Waals surface area contributed by atoms with Crippen LogP contribution in [0.2, 0.25) is 0 Å². The van der Waals surface area contributed by atoms with Crippen LogP contribution < -0.4 is 9.47 Å². The lowest BCUT2D eigenvalue weighted by Crippen LogP contribution is -2.27. The van der Waals surface area contributed by atoms with Crippen LogP contribution in [0.4, 0.5) is 0 Å². The SMILES string of the molecule is CCc1c(C(=O)N(C)Cc2ccc(OC)c(OC)c2)cnn1-c1ccc(C)cc1. The van der Waals surface area contributed by atoms with Crippen LogP contribution in [0.5, 0.6) is 11.5 Å². The van der Waals surface area contributed by atoms with Crippen LogP contribution in [0, 0.1) is 6.92 Å². The molecule has 1 aromatic heterocycles. The molecular formula is C23H27N3O3. The summed E-state index contributed by atoms with van der Waals surface area (Å²) in [5, 5.41) is 4.48. The number of nitrogens with zero attached hydrogens (tertiary/aromatic N) is 3. The zero-order chi connectivity index (χ0) is 21.0. The van der Waals surface area contributed by atoms with E-state index < -0.39 is 0 Å². The summed E-state index contributed by atoms with van der Waals surface area (Å²) in [6, 6.07) is 13.8. The molecule has 0 atom stereocenters. The van der Waals surface area contributed by atoms with Crippen LogP contribution >= 0.6 is 0 Å². The third-order valence-corrected chi connectivity index (χ3v) is 4.93. The molecule has 0 aliphatic carbocycles. The van der Waals surface area contributed by atoms with Crippen molar-refractivity contribution in [2.75, 3.05) is 21.3 Å². The number of carbonyl (C=O) groups is 1. The van der Waals surface area contributed by atoms with Crippen molar-refractivity contribution in [3.63, 3.8) is 0 Å². The Morgan fingerprint density at radius 3 is 2.38 bits per heavy atom. The number of methoxy groups -OCH3 is 2. The summed E-state index contributed by atoms with van der Waals surface area (Å²) >= 11 is 0. The number of ether oxygens (including phenoxy) is 2. The maximum absolute atomic E-state index is 13.1. The number of benzene rings is 2. The fourth-order valence-electron chi connectivity index (χ4n) is 3.33. The van der Waals surface area contributed by atoms with E-state index >= 15 is 0 Å². The van der Waals surface area contributed by atoms with Gasteiger partial charge in [0.25, 0.3) is 5.91 Å². The number of aromatic nitrogens is 2. The van der Waals surface area contributed by atoms with Gasteiger partial charge in [-0.15, -0.1) is 0 Å². The van der Waals surface area contributed by atoms with Crippen LogP contribution in [0.15, 0.2) is 48.7 Å². The molecule has 152 valence electrons. The van der Waals surface area contributed by atoms with Crippen LogP contribution in [-0.4, -0.2) is 41.9 Å². The second-order valence-electron chi connectivity index (χ2n) is 6.96. The predicted molar refractivity (Wildman–Crippen MR) is 113 cm³/mol. The maximum Gasteiger partial charge on any atom is 0.257 e. The van der Waals surface area contributed by atoms with Crippen molar-refractivity contribution in [3.8, 4) is 17.2 Å². The van der Waals surface area contributed by atoms with Gasteiger partial charge in [-0.1, -0.05) is 30.7 Å². The highest BCUT2D eigenvalue weighted by atomic mass is 16.5. The molecule has 1 heterocycles. The van der Waals surface area contributed by atoms with Crippen molar-refractivity contribution in [2.45, 2.75) is 26.8 Å². The van der Waals surface area contributed by atoms with E-state index in [0.29, 0.717) is 30.0 Å². The molecule has 0 aliphatic heterocycles. The Morgan fingerprint density at radius 2 is 1.76 bits per heavy atom. The van der Waals surface area contributed by atoms with E-state index in [1.54, 1.807) is 32.4 Å². The molecule has 0 radical (unpaired) electrons. The second-order valence-corrected chi connectivity index (χ2v) is 6.96. The molecule has 0 saturated carbocycles. The van der Waals surface area contributed by atoms with Gasteiger partial charge in [0, 0.05) is 13.6 Å². The van der Waals surface area contributed by atoms with E-state index in [0.717, 1.165) is 16.9 Å². The van der Waals surface area contributed by atoms with Crippen molar-refractivity contribution in [2.24, 2.45) is 0 Å². The molecule has 6 heteroatoms. The lowest BCUT2D eigenvalue weighted by molar-refractivity contribution is 0.0784. The second kappa shape index (κ2) is 8.82. The van der Waals surface area contributed by atoms with Gasteiger partial charge in [0.15, 0.2) is 11.5 Å². The topological polar surface area (TPSA) is 56.6 Å². The molecule has 0 spiro atoms. The van der Waals surface area contributed by atoms with Crippen molar-refractivity contribution >= 4 is 5.91 Å². The quantitative estimate of drug-likeness (QED) is 0.608. The first-order valence-corrected chi connectivity index (χ1v) is 9.58. The van der Waals surface area contributed by atoms with Gasteiger partial charge in [-0.3, -0.25) is 4.79 Å². The van der Waals surface area contributed by atoms with Gasteiger partial charge in [0.1, 0.15) is 0 Å². The zero-order valence-corrected chi connectivity index (χ0v) is 17.6. The fourth-order valence-corrected chi connectivity index (χ4v) is 3.33. The lowest BCUT2D eigenvalue weighted by Gasteiger charge is -2.18. The Kier molecular flexibility index (Phi) is 6.22. The molecule has 0 aliphatic rings. The largest absolute Gasteiger partial charge is 0.493 e. The fraction of sp³-hybridized carbons (Fsp3) is 0.304. The third kappa shape index (κ3) is 4.26. The number of amides is 1. The smallest absolute Gasteiger partial charge is 0.257 e. The number of carbonyl (C=O) groups excluding carboxylic acids is 1. The summed E-state index contributed by atoms with van der Waals surface area (Å²) in [7, 11) is 5.00. The summed E-state index contributed by atoms with van der Waals surface area (Å²) in [5.41, 5.74) is 4.62. The first kappa shape index (κ1) is 20.5. The number of aryl methyl sites for hydroxylation is 1. The van der Waals surface area contributed by atoms with Gasteiger partial charge in [0.05, 0.1) is 37.4 Å². The number of hydrogen-bond donors (Lipinski definition) is 0.